The van der Waals surface area contributed by atoms with Crippen molar-refractivity contribution >= 4 is 5.91 Å². The number of carbonyl (C=O) groups is 1. The molecule has 100 valence electrons. The Morgan fingerprint density at radius 1 is 1.29 bits per heavy atom. The largest absolute Gasteiger partial charge is 0.359 e. The molecule has 0 bridgehead atoms. The van der Waals surface area contributed by atoms with E-state index < -0.39 is 0 Å². The van der Waals surface area contributed by atoms with Crippen LogP contribution in [-0.2, 0) is 4.79 Å². The molecule has 1 rings (SSSR count). The van der Waals surface area contributed by atoms with Gasteiger partial charge in [-0.3, -0.25) is 4.79 Å². The zero-order valence-electron chi connectivity index (χ0n) is 12.0. The maximum Gasteiger partial charge on any atom is 0.226 e. The first-order chi connectivity index (χ1) is 7.88. The lowest BCUT2D eigenvalue weighted by Crippen LogP contribution is -2.48. The summed E-state index contributed by atoms with van der Waals surface area (Å²) in [5, 5.41) is 6.33. The van der Waals surface area contributed by atoms with Crippen LogP contribution in [0.4, 0.5) is 0 Å². The third-order valence-electron chi connectivity index (χ3n) is 4.35. The van der Waals surface area contributed by atoms with E-state index >= 15 is 0 Å². The topological polar surface area (TPSA) is 41.1 Å². The van der Waals surface area contributed by atoms with Gasteiger partial charge in [-0.1, -0.05) is 26.7 Å². The second-order valence-corrected chi connectivity index (χ2v) is 6.22. The van der Waals surface area contributed by atoms with Gasteiger partial charge >= 0.3 is 0 Å². The molecule has 0 aromatic rings. The van der Waals surface area contributed by atoms with Gasteiger partial charge < -0.3 is 10.6 Å². The van der Waals surface area contributed by atoms with Crippen molar-refractivity contribution in [2.45, 2.75) is 53.0 Å². The number of hydrogen-bond acceptors (Lipinski definition) is 2. The fraction of sp³-hybridized carbons (Fsp3) is 0.929. The van der Waals surface area contributed by atoms with Gasteiger partial charge in [-0.2, -0.15) is 0 Å². The van der Waals surface area contributed by atoms with Gasteiger partial charge in [0, 0.05) is 19.6 Å². The average molecular weight is 240 g/mol. The van der Waals surface area contributed by atoms with E-state index in [0.717, 1.165) is 12.5 Å². The lowest BCUT2D eigenvalue weighted by atomic mass is 9.77. The van der Waals surface area contributed by atoms with Crippen LogP contribution < -0.4 is 10.6 Å². The zero-order valence-corrected chi connectivity index (χ0v) is 12.0. The van der Waals surface area contributed by atoms with E-state index in [1.54, 1.807) is 7.05 Å². The first kappa shape index (κ1) is 14.5. The van der Waals surface area contributed by atoms with Crippen LogP contribution >= 0.6 is 0 Å². The van der Waals surface area contributed by atoms with Gasteiger partial charge in [0.15, 0.2) is 0 Å². The Labute approximate surface area is 106 Å². The quantitative estimate of drug-likeness (QED) is 0.791. The molecule has 1 fully saturated rings. The molecule has 0 aromatic carbocycles. The second kappa shape index (κ2) is 5.85. The van der Waals surface area contributed by atoms with E-state index in [4.69, 9.17) is 0 Å². The van der Waals surface area contributed by atoms with Gasteiger partial charge in [0.1, 0.15) is 0 Å². The first-order valence-electron chi connectivity index (χ1n) is 6.84. The molecule has 3 heteroatoms. The minimum atomic E-state index is -0.324. The summed E-state index contributed by atoms with van der Waals surface area (Å²) in [5.41, 5.74) is -0.324. The maximum atomic E-state index is 11.7. The summed E-state index contributed by atoms with van der Waals surface area (Å²) in [5.74, 6) is 1.62. The number of nitrogens with one attached hydrogen (secondary N) is 2. The van der Waals surface area contributed by atoms with Crippen LogP contribution in [0.5, 0.6) is 0 Å². The molecule has 0 spiro atoms. The minimum Gasteiger partial charge on any atom is -0.359 e. The van der Waals surface area contributed by atoms with Crippen molar-refractivity contribution in [3.63, 3.8) is 0 Å². The smallest absolute Gasteiger partial charge is 0.226 e. The first-order valence-corrected chi connectivity index (χ1v) is 6.84. The predicted octanol–water partition coefficient (Wildman–Crippen LogP) is 2.17. The van der Waals surface area contributed by atoms with Crippen molar-refractivity contribution in [3.8, 4) is 0 Å². The van der Waals surface area contributed by atoms with Crippen molar-refractivity contribution in [1.29, 1.82) is 0 Å². The van der Waals surface area contributed by atoms with E-state index in [9.17, 15) is 4.79 Å². The summed E-state index contributed by atoms with van der Waals surface area (Å²) in [4.78, 5) is 11.7. The van der Waals surface area contributed by atoms with Crippen molar-refractivity contribution in [1.82, 2.24) is 10.6 Å². The molecule has 3 nitrogen and oxygen atoms in total. The van der Waals surface area contributed by atoms with Gasteiger partial charge in [0.05, 0.1) is 5.41 Å². The Morgan fingerprint density at radius 3 is 2.53 bits per heavy atom. The Balaban J connectivity index is 2.47. The van der Waals surface area contributed by atoms with Crippen LogP contribution in [0.25, 0.3) is 0 Å². The Kier molecular flexibility index (Phi) is 4.99. The molecule has 0 heterocycles. The normalized spacial score (nSPS) is 30.1. The summed E-state index contributed by atoms with van der Waals surface area (Å²) in [7, 11) is 1.70. The number of carbonyl (C=O) groups excluding carboxylic acids is 1. The minimum absolute atomic E-state index is 0.113. The molecule has 1 aliphatic rings. The van der Waals surface area contributed by atoms with Gasteiger partial charge in [0.25, 0.3) is 0 Å². The van der Waals surface area contributed by atoms with E-state index in [0.29, 0.717) is 12.0 Å². The highest BCUT2D eigenvalue weighted by Gasteiger charge is 2.31. The van der Waals surface area contributed by atoms with Crippen molar-refractivity contribution in [2.75, 3.05) is 13.6 Å². The molecular weight excluding hydrogens is 212 g/mol. The van der Waals surface area contributed by atoms with Gasteiger partial charge in [0.2, 0.25) is 5.91 Å². The lowest BCUT2D eigenvalue weighted by molar-refractivity contribution is -0.128. The maximum absolute atomic E-state index is 11.7. The highest BCUT2D eigenvalue weighted by molar-refractivity contribution is 5.81. The molecule has 1 amide bonds. The summed E-state index contributed by atoms with van der Waals surface area (Å²) in [6, 6.07) is 0.572. The molecule has 0 aromatic heterocycles. The standard InChI is InChI=1S/C14H28N2O/c1-10-7-6-8-12(11(10)2)16-9-14(3,4)13(17)15-5/h10-12,16H,6-9H2,1-5H3,(H,15,17). The third-order valence-corrected chi connectivity index (χ3v) is 4.35. The fourth-order valence-electron chi connectivity index (χ4n) is 2.67. The van der Waals surface area contributed by atoms with Gasteiger partial charge in [-0.25, -0.2) is 0 Å². The van der Waals surface area contributed by atoms with Crippen LogP contribution in [-0.4, -0.2) is 25.5 Å². The van der Waals surface area contributed by atoms with E-state index in [1.165, 1.54) is 19.3 Å². The molecule has 2 N–H and O–H groups in total. The molecule has 17 heavy (non-hydrogen) atoms. The van der Waals surface area contributed by atoms with E-state index in [1.807, 2.05) is 13.8 Å². The molecule has 0 saturated heterocycles. The highest BCUT2D eigenvalue weighted by atomic mass is 16.2. The summed E-state index contributed by atoms with van der Waals surface area (Å²) >= 11 is 0. The Morgan fingerprint density at radius 2 is 1.94 bits per heavy atom. The highest BCUT2D eigenvalue weighted by Crippen LogP contribution is 2.30. The Bertz CT molecular complexity index is 263. The third kappa shape index (κ3) is 3.70. The van der Waals surface area contributed by atoms with Crippen molar-refractivity contribution in [2.24, 2.45) is 17.3 Å². The number of rotatable bonds is 4. The number of hydrogen-bond donors (Lipinski definition) is 2. The van der Waals surface area contributed by atoms with Crippen LogP contribution in [0.3, 0.4) is 0 Å². The van der Waals surface area contributed by atoms with Crippen LogP contribution in [0.15, 0.2) is 0 Å². The van der Waals surface area contributed by atoms with Gasteiger partial charge in [-0.05, 0) is 32.1 Å². The summed E-state index contributed by atoms with van der Waals surface area (Å²) < 4.78 is 0. The molecule has 1 saturated carbocycles. The summed E-state index contributed by atoms with van der Waals surface area (Å²) in [6.45, 7) is 9.41. The predicted molar refractivity (Wildman–Crippen MR) is 71.8 cm³/mol. The van der Waals surface area contributed by atoms with E-state index in [-0.39, 0.29) is 11.3 Å². The molecular formula is C14H28N2O. The lowest BCUT2D eigenvalue weighted by Gasteiger charge is -2.36. The average Bonchev–Trinajstić information content (AvgIpc) is 2.30. The number of amides is 1. The fourth-order valence-corrected chi connectivity index (χ4v) is 2.67. The second-order valence-electron chi connectivity index (χ2n) is 6.22. The molecule has 0 aliphatic heterocycles. The molecule has 3 atom stereocenters. The van der Waals surface area contributed by atoms with E-state index in [2.05, 4.69) is 24.5 Å². The molecule has 3 unspecified atom stereocenters. The zero-order chi connectivity index (χ0) is 13.1. The van der Waals surface area contributed by atoms with Crippen molar-refractivity contribution < 1.29 is 4.79 Å². The SMILES string of the molecule is CNC(=O)C(C)(C)CNC1CCCC(C)C1C. The van der Waals surface area contributed by atoms with Crippen LogP contribution in [0.1, 0.15) is 47.0 Å². The van der Waals surface area contributed by atoms with Crippen LogP contribution in [0, 0.1) is 17.3 Å². The van der Waals surface area contributed by atoms with Gasteiger partial charge in [-0.15, -0.1) is 0 Å². The molecule has 1 aliphatic carbocycles. The Hall–Kier alpha value is -0.570. The molecule has 0 radical (unpaired) electrons. The van der Waals surface area contributed by atoms with Crippen molar-refractivity contribution in [3.05, 3.63) is 0 Å². The summed E-state index contributed by atoms with van der Waals surface area (Å²) in [6.07, 6.45) is 3.90. The van der Waals surface area contributed by atoms with Crippen LogP contribution in [0.2, 0.25) is 0 Å². The monoisotopic (exact) mass is 240 g/mol.